The van der Waals surface area contributed by atoms with Gasteiger partial charge in [0.2, 0.25) is 0 Å². The van der Waals surface area contributed by atoms with Gasteiger partial charge in [0.05, 0.1) is 0 Å². The Hall–Kier alpha value is -0.300. The number of allylic oxidation sites excluding steroid dienone is 1. The van der Waals surface area contributed by atoms with Crippen molar-refractivity contribution in [2.75, 3.05) is 6.61 Å². The molecule has 0 fully saturated rings. The first kappa shape index (κ1) is 12.7. The van der Waals surface area contributed by atoms with Crippen LogP contribution in [0, 0.1) is 17.8 Å². The summed E-state index contributed by atoms with van der Waals surface area (Å²) >= 11 is 0. The molecule has 1 heteroatoms. The highest BCUT2D eigenvalue weighted by atomic mass is 16.2. The first-order chi connectivity index (χ1) is 6.13. The van der Waals surface area contributed by atoms with E-state index >= 15 is 0 Å². The summed E-state index contributed by atoms with van der Waals surface area (Å²) in [5.41, 5.74) is 0. The summed E-state index contributed by atoms with van der Waals surface area (Å²) in [7, 11) is 0. The van der Waals surface area contributed by atoms with Crippen molar-refractivity contribution in [3.8, 4) is 0 Å². The predicted octanol–water partition coefficient (Wildman–Crippen LogP) is 3.24. The Kier molecular flexibility index (Phi) is 6.97. The fourth-order valence-corrected chi connectivity index (χ4v) is 1.45. The van der Waals surface area contributed by atoms with Gasteiger partial charge in [-0.05, 0) is 24.2 Å². The van der Waals surface area contributed by atoms with Crippen LogP contribution in [-0.4, -0.2) is 11.7 Å². The molecule has 0 aromatic rings. The highest BCUT2D eigenvalue weighted by Gasteiger charge is 2.14. The van der Waals surface area contributed by atoms with Crippen molar-refractivity contribution >= 4 is 0 Å². The van der Waals surface area contributed by atoms with E-state index in [9.17, 15) is 0 Å². The number of aliphatic hydroxyl groups is 1. The van der Waals surface area contributed by atoms with Crippen molar-refractivity contribution < 1.29 is 5.11 Å². The van der Waals surface area contributed by atoms with Gasteiger partial charge in [-0.2, -0.15) is 0 Å². The molecular formula is C12H24O. The topological polar surface area (TPSA) is 20.2 Å². The van der Waals surface area contributed by atoms with Crippen LogP contribution in [0.4, 0.5) is 0 Å². The Balaban J connectivity index is 3.87. The van der Waals surface area contributed by atoms with E-state index in [1.807, 2.05) is 0 Å². The summed E-state index contributed by atoms with van der Waals surface area (Å²) in [4.78, 5) is 0. The molecular weight excluding hydrogens is 160 g/mol. The lowest BCUT2D eigenvalue weighted by Gasteiger charge is -2.22. The van der Waals surface area contributed by atoms with Gasteiger partial charge in [-0.25, -0.2) is 0 Å². The van der Waals surface area contributed by atoms with Crippen molar-refractivity contribution in [3.63, 3.8) is 0 Å². The fourth-order valence-electron chi connectivity index (χ4n) is 1.45. The summed E-state index contributed by atoms with van der Waals surface area (Å²) < 4.78 is 0. The molecule has 0 rings (SSSR count). The largest absolute Gasteiger partial charge is 0.396 e. The van der Waals surface area contributed by atoms with Gasteiger partial charge in [0.25, 0.3) is 0 Å². The molecule has 0 aromatic carbocycles. The average Bonchev–Trinajstić information content (AvgIpc) is 2.15. The Morgan fingerprint density at radius 1 is 1.23 bits per heavy atom. The molecule has 3 unspecified atom stereocenters. The highest BCUT2D eigenvalue weighted by molar-refractivity contribution is 4.89. The lowest BCUT2D eigenvalue weighted by atomic mass is 9.83. The molecule has 0 saturated heterocycles. The Morgan fingerprint density at radius 2 is 1.85 bits per heavy atom. The van der Waals surface area contributed by atoms with Crippen LogP contribution in [-0.2, 0) is 0 Å². The molecule has 0 bridgehead atoms. The maximum atomic E-state index is 8.62. The van der Waals surface area contributed by atoms with Crippen molar-refractivity contribution in [2.45, 2.75) is 40.5 Å². The van der Waals surface area contributed by atoms with Crippen molar-refractivity contribution in [2.24, 2.45) is 17.8 Å². The molecule has 1 N–H and O–H groups in total. The minimum atomic E-state index is 0.265. The molecule has 0 spiro atoms. The van der Waals surface area contributed by atoms with E-state index in [4.69, 9.17) is 5.11 Å². The van der Waals surface area contributed by atoms with E-state index in [1.54, 1.807) is 0 Å². The van der Waals surface area contributed by atoms with Gasteiger partial charge in [0, 0.05) is 6.61 Å². The quantitative estimate of drug-likeness (QED) is 0.628. The first-order valence-electron chi connectivity index (χ1n) is 5.41. The minimum absolute atomic E-state index is 0.265. The van der Waals surface area contributed by atoms with Gasteiger partial charge in [0.15, 0.2) is 0 Å². The molecule has 0 radical (unpaired) electrons. The van der Waals surface area contributed by atoms with Gasteiger partial charge in [-0.15, -0.1) is 0 Å². The van der Waals surface area contributed by atoms with Gasteiger partial charge < -0.3 is 5.11 Å². The molecule has 78 valence electrons. The minimum Gasteiger partial charge on any atom is -0.396 e. The second kappa shape index (κ2) is 7.14. The molecule has 3 atom stereocenters. The molecule has 13 heavy (non-hydrogen) atoms. The van der Waals surface area contributed by atoms with Crippen molar-refractivity contribution in [1.82, 2.24) is 0 Å². The smallest absolute Gasteiger partial charge is 0.0465 e. The van der Waals surface area contributed by atoms with Crippen LogP contribution in [0.2, 0.25) is 0 Å². The van der Waals surface area contributed by atoms with Crippen LogP contribution in [0.25, 0.3) is 0 Å². The van der Waals surface area contributed by atoms with E-state index in [0.29, 0.717) is 5.92 Å². The average molecular weight is 184 g/mol. The molecule has 0 aliphatic heterocycles. The summed E-state index contributed by atoms with van der Waals surface area (Å²) in [6, 6.07) is 0. The monoisotopic (exact) mass is 184 g/mol. The number of rotatable bonds is 6. The van der Waals surface area contributed by atoms with Gasteiger partial charge in [-0.3, -0.25) is 0 Å². The highest BCUT2D eigenvalue weighted by Crippen LogP contribution is 2.23. The maximum Gasteiger partial charge on any atom is 0.0465 e. The Morgan fingerprint density at radius 3 is 2.31 bits per heavy atom. The standard InChI is InChI=1S/C12H24O/c1-5-10(2)12(4)11(3)8-6-7-9-13/h6,8,10-13H,5,7,9H2,1-4H3/b8-6+. The van der Waals surface area contributed by atoms with Crippen LogP contribution >= 0.6 is 0 Å². The second-order valence-electron chi connectivity index (χ2n) is 4.04. The lowest BCUT2D eigenvalue weighted by molar-refractivity contribution is 0.299. The Bertz CT molecular complexity index is 140. The normalized spacial score (nSPS) is 18.8. The first-order valence-corrected chi connectivity index (χ1v) is 5.41. The van der Waals surface area contributed by atoms with E-state index in [-0.39, 0.29) is 6.61 Å². The van der Waals surface area contributed by atoms with Gasteiger partial charge >= 0.3 is 0 Å². The maximum absolute atomic E-state index is 8.62. The summed E-state index contributed by atoms with van der Waals surface area (Å²) in [5, 5.41) is 8.62. The summed E-state index contributed by atoms with van der Waals surface area (Å²) in [6.45, 7) is 9.38. The number of hydrogen-bond acceptors (Lipinski definition) is 1. The van der Waals surface area contributed by atoms with E-state index in [1.165, 1.54) is 6.42 Å². The van der Waals surface area contributed by atoms with Crippen LogP contribution in [0.3, 0.4) is 0 Å². The van der Waals surface area contributed by atoms with Crippen molar-refractivity contribution in [1.29, 1.82) is 0 Å². The lowest BCUT2D eigenvalue weighted by Crippen LogP contribution is -2.14. The predicted molar refractivity (Wildman–Crippen MR) is 58.6 cm³/mol. The summed E-state index contributed by atoms with van der Waals surface area (Å²) in [6.07, 6.45) is 6.35. The molecule has 0 aromatic heterocycles. The van der Waals surface area contributed by atoms with Crippen LogP contribution < -0.4 is 0 Å². The zero-order chi connectivity index (χ0) is 10.3. The third kappa shape index (κ3) is 5.09. The van der Waals surface area contributed by atoms with Crippen LogP contribution in [0.15, 0.2) is 12.2 Å². The molecule has 1 nitrogen and oxygen atoms in total. The Labute approximate surface area is 82.9 Å². The van der Waals surface area contributed by atoms with Crippen LogP contribution in [0.5, 0.6) is 0 Å². The molecule has 0 aliphatic rings. The number of hydrogen-bond donors (Lipinski definition) is 1. The van der Waals surface area contributed by atoms with Gasteiger partial charge in [-0.1, -0.05) is 46.3 Å². The third-order valence-corrected chi connectivity index (χ3v) is 3.11. The molecule has 0 amide bonds. The van der Waals surface area contributed by atoms with E-state index < -0.39 is 0 Å². The third-order valence-electron chi connectivity index (χ3n) is 3.11. The van der Waals surface area contributed by atoms with E-state index in [0.717, 1.165) is 18.3 Å². The zero-order valence-corrected chi connectivity index (χ0v) is 9.46. The number of aliphatic hydroxyl groups excluding tert-OH is 1. The van der Waals surface area contributed by atoms with Crippen molar-refractivity contribution in [3.05, 3.63) is 12.2 Å². The zero-order valence-electron chi connectivity index (χ0n) is 9.46. The molecule has 0 heterocycles. The molecule has 0 aliphatic carbocycles. The SMILES string of the molecule is CCC(C)C(C)C(C)/C=C/CCO. The second-order valence-corrected chi connectivity index (χ2v) is 4.04. The van der Waals surface area contributed by atoms with E-state index in [2.05, 4.69) is 39.8 Å². The van der Waals surface area contributed by atoms with Gasteiger partial charge in [0.1, 0.15) is 0 Å². The summed E-state index contributed by atoms with van der Waals surface area (Å²) in [5.74, 6) is 2.15. The van der Waals surface area contributed by atoms with Crippen LogP contribution in [0.1, 0.15) is 40.5 Å². The fraction of sp³-hybridized carbons (Fsp3) is 0.833. The molecule has 0 saturated carbocycles.